The number of rotatable bonds is 2. The Balaban J connectivity index is 1.71. The Labute approximate surface area is 94.4 Å². The molecule has 0 aromatic rings. The van der Waals surface area contributed by atoms with E-state index in [1.54, 1.807) is 0 Å². The minimum Gasteiger partial charge on any atom is -0.311 e. The summed E-state index contributed by atoms with van der Waals surface area (Å²) >= 11 is 0. The fourth-order valence-corrected chi connectivity index (χ4v) is 3.13. The molecule has 1 saturated heterocycles. The van der Waals surface area contributed by atoms with Gasteiger partial charge in [-0.1, -0.05) is 13.8 Å². The van der Waals surface area contributed by atoms with Gasteiger partial charge in [0.1, 0.15) is 0 Å². The average molecular weight is 210 g/mol. The van der Waals surface area contributed by atoms with Gasteiger partial charge in [0.15, 0.2) is 0 Å². The van der Waals surface area contributed by atoms with E-state index in [0.29, 0.717) is 5.41 Å². The maximum atomic E-state index is 3.84. The lowest BCUT2D eigenvalue weighted by atomic mass is 9.68. The second-order valence-electron chi connectivity index (χ2n) is 6.37. The molecule has 2 aliphatic rings. The van der Waals surface area contributed by atoms with E-state index in [1.807, 2.05) is 0 Å². The zero-order valence-corrected chi connectivity index (χ0v) is 10.6. The highest BCUT2D eigenvalue weighted by Gasteiger charge is 2.36. The summed E-state index contributed by atoms with van der Waals surface area (Å²) in [6.45, 7) is 7.32. The molecule has 1 saturated carbocycles. The Morgan fingerprint density at radius 3 is 2.47 bits per heavy atom. The van der Waals surface area contributed by atoms with E-state index in [1.165, 1.54) is 45.2 Å². The van der Waals surface area contributed by atoms with Crippen molar-refractivity contribution in [3.63, 3.8) is 0 Å². The third-order valence-electron chi connectivity index (χ3n) is 4.02. The van der Waals surface area contributed by atoms with Gasteiger partial charge in [0.2, 0.25) is 0 Å². The molecule has 0 amide bonds. The van der Waals surface area contributed by atoms with Gasteiger partial charge in [-0.25, -0.2) is 0 Å². The fraction of sp³-hybridized carbons (Fsp3) is 1.00. The third kappa shape index (κ3) is 3.18. The van der Waals surface area contributed by atoms with Gasteiger partial charge < -0.3 is 10.2 Å². The smallest absolute Gasteiger partial charge is 0.00823 e. The first-order valence-electron chi connectivity index (χ1n) is 6.50. The quantitative estimate of drug-likeness (QED) is 0.752. The van der Waals surface area contributed by atoms with E-state index in [0.717, 1.165) is 12.1 Å². The second-order valence-corrected chi connectivity index (χ2v) is 6.37. The van der Waals surface area contributed by atoms with Crippen molar-refractivity contribution in [1.82, 2.24) is 10.2 Å². The number of hydrogen-bond donors (Lipinski definition) is 1. The van der Waals surface area contributed by atoms with Crippen LogP contribution in [0.15, 0.2) is 0 Å². The van der Waals surface area contributed by atoms with Gasteiger partial charge in [0, 0.05) is 12.1 Å². The SMILES string of the molecule is CN1CCCC(NC2CC(C)(C)C2)CC1. The molecule has 2 rings (SSSR count). The molecule has 1 aliphatic heterocycles. The molecule has 1 aliphatic carbocycles. The Morgan fingerprint density at radius 1 is 1.07 bits per heavy atom. The maximum absolute atomic E-state index is 3.84. The van der Waals surface area contributed by atoms with Crippen molar-refractivity contribution >= 4 is 0 Å². The zero-order valence-electron chi connectivity index (χ0n) is 10.6. The third-order valence-corrected chi connectivity index (χ3v) is 4.02. The first-order chi connectivity index (χ1) is 7.05. The van der Waals surface area contributed by atoms with Crippen LogP contribution in [0.25, 0.3) is 0 Å². The molecule has 0 aromatic carbocycles. The van der Waals surface area contributed by atoms with E-state index in [4.69, 9.17) is 0 Å². The van der Waals surface area contributed by atoms with Crippen molar-refractivity contribution in [1.29, 1.82) is 0 Å². The first kappa shape index (κ1) is 11.4. The second kappa shape index (κ2) is 4.42. The summed E-state index contributed by atoms with van der Waals surface area (Å²) in [5, 5.41) is 3.84. The predicted molar refractivity (Wildman–Crippen MR) is 65.1 cm³/mol. The topological polar surface area (TPSA) is 15.3 Å². The first-order valence-corrected chi connectivity index (χ1v) is 6.50. The van der Waals surface area contributed by atoms with Crippen LogP contribution >= 0.6 is 0 Å². The van der Waals surface area contributed by atoms with Crippen LogP contribution < -0.4 is 5.32 Å². The molecule has 2 fully saturated rings. The fourth-order valence-electron chi connectivity index (χ4n) is 3.13. The monoisotopic (exact) mass is 210 g/mol. The summed E-state index contributed by atoms with van der Waals surface area (Å²) in [5.41, 5.74) is 0.610. The predicted octanol–water partition coefficient (Wildman–Crippen LogP) is 2.25. The highest BCUT2D eigenvalue weighted by atomic mass is 15.1. The lowest BCUT2D eigenvalue weighted by Crippen LogP contribution is -2.49. The van der Waals surface area contributed by atoms with Crippen LogP contribution in [0.2, 0.25) is 0 Å². The normalized spacial score (nSPS) is 33.4. The molecule has 15 heavy (non-hydrogen) atoms. The molecule has 2 heteroatoms. The molecule has 1 N–H and O–H groups in total. The van der Waals surface area contributed by atoms with Crippen LogP contribution in [0.1, 0.15) is 46.0 Å². The van der Waals surface area contributed by atoms with Crippen molar-refractivity contribution in [3.8, 4) is 0 Å². The highest BCUT2D eigenvalue weighted by Crippen LogP contribution is 2.40. The van der Waals surface area contributed by atoms with Crippen molar-refractivity contribution < 1.29 is 0 Å². The van der Waals surface area contributed by atoms with E-state index in [9.17, 15) is 0 Å². The van der Waals surface area contributed by atoms with Gasteiger partial charge in [-0.05, 0) is 57.7 Å². The molecule has 0 spiro atoms. The lowest BCUT2D eigenvalue weighted by molar-refractivity contribution is 0.114. The Morgan fingerprint density at radius 2 is 1.80 bits per heavy atom. The van der Waals surface area contributed by atoms with Crippen LogP contribution in [-0.4, -0.2) is 37.1 Å². The average Bonchev–Trinajstić information content (AvgIpc) is 2.28. The lowest BCUT2D eigenvalue weighted by Gasteiger charge is -2.44. The summed E-state index contributed by atoms with van der Waals surface area (Å²) in [7, 11) is 2.24. The maximum Gasteiger partial charge on any atom is 0.00823 e. The van der Waals surface area contributed by atoms with Crippen molar-refractivity contribution in [2.75, 3.05) is 20.1 Å². The van der Waals surface area contributed by atoms with Gasteiger partial charge >= 0.3 is 0 Å². The summed E-state index contributed by atoms with van der Waals surface area (Å²) in [6.07, 6.45) is 6.83. The summed E-state index contributed by atoms with van der Waals surface area (Å²) in [4.78, 5) is 2.46. The zero-order chi connectivity index (χ0) is 10.9. The van der Waals surface area contributed by atoms with Gasteiger partial charge in [0.25, 0.3) is 0 Å². The minimum atomic E-state index is 0.610. The van der Waals surface area contributed by atoms with Gasteiger partial charge in [-0.3, -0.25) is 0 Å². The molecule has 1 atom stereocenters. The molecular formula is C13H26N2. The number of nitrogens with one attached hydrogen (secondary N) is 1. The number of hydrogen-bond acceptors (Lipinski definition) is 2. The molecule has 2 nitrogen and oxygen atoms in total. The van der Waals surface area contributed by atoms with Gasteiger partial charge in [-0.15, -0.1) is 0 Å². The number of nitrogens with zero attached hydrogens (tertiary/aromatic N) is 1. The Bertz CT molecular complexity index is 205. The number of likely N-dealkylation sites (tertiary alicyclic amines) is 1. The molecule has 1 unspecified atom stereocenters. The minimum absolute atomic E-state index is 0.610. The van der Waals surface area contributed by atoms with Crippen molar-refractivity contribution in [2.24, 2.45) is 5.41 Å². The van der Waals surface area contributed by atoms with Crippen LogP contribution in [0, 0.1) is 5.41 Å². The Kier molecular flexibility index (Phi) is 3.36. The van der Waals surface area contributed by atoms with Gasteiger partial charge in [-0.2, -0.15) is 0 Å². The standard InChI is InChI=1S/C13H26N2/c1-13(2)9-12(10-13)14-11-5-4-7-15(3)8-6-11/h11-12,14H,4-10H2,1-3H3. The molecule has 0 radical (unpaired) electrons. The summed E-state index contributed by atoms with van der Waals surface area (Å²) in [6, 6.07) is 1.60. The van der Waals surface area contributed by atoms with Crippen LogP contribution in [0.4, 0.5) is 0 Å². The van der Waals surface area contributed by atoms with E-state index in [2.05, 4.69) is 31.1 Å². The molecule has 1 heterocycles. The summed E-state index contributed by atoms with van der Waals surface area (Å²) < 4.78 is 0. The van der Waals surface area contributed by atoms with Crippen molar-refractivity contribution in [3.05, 3.63) is 0 Å². The van der Waals surface area contributed by atoms with E-state index >= 15 is 0 Å². The van der Waals surface area contributed by atoms with E-state index < -0.39 is 0 Å². The largest absolute Gasteiger partial charge is 0.311 e. The molecule has 88 valence electrons. The summed E-state index contributed by atoms with van der Waals surface area (Å²) in [5.74, 6) is 0. The molecule has 0 aromatic heterocycles. The van der Waals surface area contributed by atoms with Crippen LogP contribution in [0.5, 0.6) is 0 Å². The molecular weight excluding hydrogens is 184 g/mol. The van der Waals surface area contributed by atoms with E-state index in [-0.39, 0.29) is 0 Å². The molecule has 0 bridgehead atoms. The van der Waals surface area contributed by atoms with Crippen LogP contribution in [0.3, 0.4) is 0 Å². The Hall–Kier alpha value is -0.0800. The van der Waals surface area contributed by atoms with Gasteiger partial charge in [0.05, 0.1) is 0 Å². The van der Waals surface area contributed by atoms with Crippen molar-refractivity contribution in [2.45, 2.75) is 58.0 Å². The van der Waals surface area contributed by atoms with Crippen LogP contribution in [-0.2, 0) is 0 Å². The highest BCUT2D eigenvalue weighted by molar-refractivity contribution is 4.93.